The normalized spacial score (nSPS) is 22.8. The summed E-state index contributed by atoms with van der Waals surface area (Å²) in [6, 6.07) is -0.0798. The van der Waals surface area contributed by atoms with Crippen molar-refractivity contribution in [1.29, 1.82) is 0 Å². The lowest BCUT2D eigenvalue weighted by molar-refractivity contribution is -0.136. The maximum atomic E-state index is 13.0. The highest BCUT2D eigenvalue weighted by atomic mass is 16.2. The van der Waals surface area contributed by atoms with E-state index in [9.17, 15) is 9.59 Å². The van der Waals surface area contributed by atoms with Crippen LogP contribution in [0, 0.1) is 5.41 Å². The van der Waals surface area contributed by atoms with Crippen LogP contribution < -0.4 is 4.90 Å². The van der Waals surface area contributed by atoms with Gasteiger partial charge in [-0.2, -0.15) is 5.10 Å². The van der Waals surface area contributed by atoms with Gasteiger partial charge in [0.25, 0.3) is 0 Å². The summed E-state index contributed by atoms with van der Waals surface area (Å²) in [5, 5.41) is 4.19. The Bertz CT molecular complexity index is 655. The second-order valence-corrected chi connectivity index (χ2v) is 8.67. The molecule has 1 unspecified atom stereocenters. The first-order chi connectivity index (χ1) is 12.2. The Labute approximate surface area is 155 Å². The molecule has 0 spiro atoms. The largest absolute Gasteiger partial charge is 0.340 e. The zero-order valence-electron chi connectivity index (χ0n) is 16.4. The van der Waals surface area contributed by atoms with E-state index in [4.69, 9.17) is 0 Å². The van der Waals surface area contributed by atoms with Crippen molar-refractivity contribution in [2.45, 2.75) is 46.1 Å². The van der Waals surface area contributed by atoms with Crippen LogP contribution in [-0.2, 0) is 16.6 Å². The minimum Gasteiger partial charge on any atom is -0.340 e. The fraction of sp³-hybridized carbons (Fsp3) is 0.737. The molecule has 1 atom stereocenters. The summed E-state index contributed by atoms with van der Waals surface area (Å²) in [7, 11) is 1.86. The van der Waals surface area contributed by atoms with Crippen molar-refractivity contribution in [2.75, 3.05) is 37.6 Å². The number of anilines is 1. The molecule has 0 N–H and O–H groups in total. The number of rotatable bonds is 3. The van der Waals surface area contributed by atoms with E-state index in [0.29, 0.717) is 19.5 Å². The van der Waals surface area contributed by atoms with Crippen molar-refractivity contribution in [1.82, 2.24) is 19.6 Å². The van der Waals surface area contributed by atoms with Crippen LogP contribution in [0.25, 0.3) is 0 Å². The molecule has 2 fully saturated rings. The number of nitrogens with zero attached hydrogens (tertiary/aromatic N) is 5. The lowest BCUT2D eigenvalue weighted by Gasteiger charge is -2.42. The molecule has 3 heterocycles. The Kier molecular flexibility index (Phi) is 5.37. The number of piperazine rings is 1. The highest BCUT2D eigenvalue weighted by Gasteiger charge is 2.36. The zero-order valence-corrected chi connectivity index (χ0v) is 16.4. The second-order valence-electron chi connectivity index (χ2n) is 8.67. The van der Waals surface area contributed by atoms with Gasteiger partial charge in [0.1, 0.15) is 0 Å². The van der Waals surface area contributed by atoms with Crippen molar-refractivity contribution in [3.8, 4) is 0 Å². The molecule has 26 heavy (non-hydrogen) atoms. The van der Waals surface area contributed by atoms with E-state index in [1.54, 1.807) is 10.9 Å². The third-order valence-electron chi connectivity index (χ3n) is 5.20. The first-order valence-electron chi connectivity index (χ1n) is 9.56. The van der Waals surface area contributed by atoms with Crippen LogP contribution in [0.15, 0.2) is 12.4 Å². The highest BCUT2D eigenvalue weighted by Crippen LogP contribution is 2.25. The van der Waals surface area contributed by atoms with Crippen molar-refractivity contribution in [3.63, 3.8) is 0 Å². The molecule has 3 rings (SSSR count). The topological polar surface area (TPSA) is 61.7 Å². The van der Waals surface area contributed by atoms with Crippen LogP contribution in [0.1, 0.15) is 40.0 Å². The highest BCUT2D eigenvalue weighted by molar-refractivity contribution is 5.97. The predicted molar refractivity (Wildman–Crippen MR) is 101 cm³/mol. The number of amides is 2. The summed E-state index contributed by atoms with van der Waals surface area (Å²) in [5.41, 5.74) is 0.888. The van der Waals surface area contributed by atoms with Crippen LogP contribution in [0.3, 0.4) is 0 Å². The van der Waals surface area contributed by atoms with Gasteiger partial charge in [0, 0.05) is 52.4 Å². The van der Waals surface area contributed by atoms with Gasteiger partial charge in [0.2, 0.25) is 11.8 Å². The maximum absolute atomic E-state index is 13.0. The lowest BCUT2D eigenvalue weighted by atomic mass is 9.91. The number of hydrogen-bond donors (Lipinski definition) is 0. The smallest absolute Gasteiger partial charge is 0.244 e. The Morgan fingerprint density at radius 2 is 1.88 bits per heavy atom. The number of hydrogen-bond acceptors (Lipinski definition) is 4. The summed E-state index contributed by atoms with van der Waals surface area (Å²) in [4.78, 5) is 31.5. The van der Waals surface area contributed by atoms with Crippen molar-refractivity contribution >= 4 is 17.5 Å². The number of piperidine rings is 1. The standard InChI is InChI=1S/C19H31N5O2/c1-19(2,3)12-17(25)23-10-8-22(9-11-23)16-6-5-7-24(18(16)26)15-13-20-21(4)14-15/h13-14,16H,5-12H2,1-4H3. The maximum Gasteiger partial charge on any atom is 0.244 e. The van der Waals surface area contributed by atoms with E-state index in [2.05, 4.69) is 30.8 Å². The molecule has 0 aromatic carbocycles. The Balaban J connectivity index is 1.58. The van der Waals surface area contributed by atoms with E-state index in [0.717, 1.165) is 38.2 Å². The van der Waals surface area contributed by atoms with E-state index < -0.39 is 0 Å². The van der Waals surface area contributed by atoms with Gasteiger partial charge in [-0.1, -0.05) is 20.8 Å². The molecule has 144 valence electrons. The summed E-state index contributed by atoms with van der Waals surface area (Å²) < 4.78 is 1.73. The van der Waals surface area contributed by atoms with Crippen molar-refractivity contribution in [3.05, 3.63) is 12.4 Å². The van der Waals surface area contributed by atoms with Crippen LogP contribution >= 0.6 is 0 Å². The molecule has 1 aromatic heterocycles. The molecule has 2 amide bonds. The Hall–Kier alpha value is -1.89. The van der Waals surface area contributed by atoms with Crippen molar-refractivity contribution < 1.29 is 9.59 Å². The molecule has 1 aromatic rings. The molecule has 0 radical (unpaired) electrons. The van der Waals surface area contributed by atoms with Gasteiger partial charge in [-0.25, -0.2) is 0 Å². The molecule has 0 saturated carbocycles. The van der Waals surface area contributed by atoms with Gasteiger partial charge in [-0.15, -0.1) is 0 Å². The first-order valence-corrected chi connectivity index (χ1v) is 9.56. The lowest BCUT2D eigenvalue weighted by Crippen LogP contribution is -2.58. The van der Waals surface area contributed by atoms with E-state index in [-0.39, 0.29) is 23.3 Å². The molecule has 7 nitrogen and oxygen atoms in total. The van der Waals surface area contributed by atoms with Gasteiger partial charge in [-0.3, -0.25) is 19.2 Å². The number of carbonyl (C=O) groups excluding carboxylic acids is 2. The van der Waals surface area contributed by atoms with Crippen LogP contribution in [0.5, 0.6) is 0 Å². The molecule has 2 aliphatic heterocycles. The van der Waals surface area contributed by atoms with E-state index in [1.807, 2.05) is 23.0 Å². The molecule has 7 heteroatoms. The van der Waals surface area contributed by atoms with E-state index >= 15 is 0 Å². The fourth-order valence-corrected chi connectivity index (χ4v) is 3.85. The van der Waals surface area contributed by atoms with E-state index in [1.165, 1.54) is 0 Å². The molecule has 2 aliphatic rings. The summed E-state index contributed by atoms with van der Waals surface area (Å²) in [6.45, 7) is 10.0. The molecule has 0 aliphatic carbocycles. The van der Waals surface area contributed by atoms with Gasteiger partial charge in [0.05, 0.1) is 17.9 Å². The van der Waals surface area contributed by atoms with Gasteiger partial charge >= 0.3 is 0 Å². The molecule has 2 saturated heterocycles. The number of carbonyl (C=O) groups is 2. The SMILES string of the molecule is Cn1cc(N2CCCC(N3CCN(C(=O)CC(C)(C)C)CC3)C2=O)cn1. The predicted octanol–water partition coefficient (Wildman–Crippen LogP) is 1.50. The Morgan fingerprint density at radius 3 is 2.46 bits per heavy atom. The monoisotopic (exact) mass is 361 g/mol. The Morgan fingerprint density at radius 1 is 1.19 bits per heavy atom. The summed E-state index contributed by atoms with van der Waals surface area (Å²) >= 11 is 0. The average Bonchev–Trinajstić information content (AvgIpc) is 3.00. The fourth-order valence-electron chi connectivity index (χ4n) is 3.85. The molecular weight excluding hydrogens is 330 g/mol. The zero-order chi connectivity index (χ0) is 18.9. The van der Waals surface area contributed by atoms with Crippen LogP contribution in [-0.4, -0.2) is 70.2 Å². The summed E-state index contributed by atoms with van der Waals surface area (Å²) in [5.74, 6) is 0.392. The minimum atomic E-state index is -0.0798. The van der Waals surface area contributed by atoms with Gasteiger partial charge < -0.3 is 9.80 Å². The van der Waals surface area contributed by atoms with Gasteiger partial charge in [-0.05, 0) is 18.3 Å². The van der Waals surface area contributed by atoms with Crippen LogP contribution in [0.2, 0.25) is 0 Å². The van der Waals surface area contributed by atoms with Gasteiger partial charge in [0.15, 0.2) is 0 Å². The molecular formula is C19H31N5O2. The quantitative estimate of drug-likeness (QED) is 0.818. The minimum absolute atomic E-state index is 0.0117. The third-order valence-corrected chi connectivity index (χ3v) is 5.20. The van der Waals surface area contributed by atoms with Crippen molar-refractivity contribution in [2.24, 2.45) is 12.5 Å². The van der Waals surface area contributed by atoms with Crippen LogP contribution in [0.4, 0.5) is 5.69 Å². The third kappa shape index (κ3) is 4.26. The average molecular weight is 361 g/mol. The summed E-state index contributed by atoms with van der Waals surface area (Å²) in [6.07, 6.45) is 6.11. The first kappa shape index (κ1) is 18.9. The number of aryl methyl sites for hydroxylation is 1. The number of aromatic nitrogens is 2. The second kappa shape index (κ2) is 7.39. The molecule has 0 bridgehead atoms.